The molecule has 21 heavy (non-hydrogen) atoms. The number of nitro benzene ring substituents is 1. The number of non-ortho nitro benzene ring substituents is 1. The number of anilines is 1. The molecular weight excluding hydrogens is 273 g/mol. The summed E-state index contributed by atoms with van der Waals surface area (Å²) in [5, 5.41) is 10.8. The van der Waals surface area contributed by atoms with Gasteiger partial charge in [0, 0.05) is 24.0 Å². The molecule has 0 aliphatic rings. The average Bonchev–Trinajstić information content (AvgIpc) is 2.44. The number of nitrogens with zero attached hydrogens (tertiary/aromatic N) is 3. The van der Waals surface area contributed by atoms with Gasteiger partial charge in [-0.3, -0.25) is 15.1 Å². The van der Waals surface area contributed by atoms with Crippen LogP contribution < -0.4 is 4.90 Å². The van der Waals surface area contributed by atoms with Crippen LogP contribution in [-0.2, 0) is 6.54 Å². The summed E-state index contributed by atoms with van der Waals surface area (Å²) in [5.41, 5.74) is 1.96. The van der Waals surface area contributed by atoms with E-state index in [9.17, 15) is 14.5 Å². The Kier molecular flexibility index (Phi) is 4.47. The van der Waals surface area contributed by atoms with E-state index in [2.05, 4.69) is 4.98 Å². The van der Waals surface area contributed by atoms with Crippen molar-refractivity contribution in [3.8, 4) is 0 Å². The number of halogens is 1. The van der Waals surface area contributed by atoms with Crippen LogP contribution in [0, 0.1) is 22.9 Å². The highest BCUT2D eigenvalue weighted by Gasteiger charge is 2.14. The van der Waals surface area contributed by atoms with Gasteiger partial charge in [-0.15, -0.1) is 0 Å². The Morgan fingerprint density at radius 2 is 2.10 bits per heavy atom. The van der Waals surface area contributed by atoms with Crippen molar-refractivity contribution in [3.63, 3.8) is 0 Å². The van der Waals surface area contributed by atoms with Crippen molar-refractivity contribution in [1.29, 1.82) is 0 Å². The van der Waals surface area contributed by atoms with Gasteiger partial charge in [0.2, 0.25) is 0 Å². The quantitative estimate of drug-likeness (QED) is 0.624. The van der Waals surface area contributed by atoms with Crippen LogP contribution in [0.3, 0.4) is 0 Å². The molecule has 0 N–H and O–H groups in total. The van der Waals surface area contributed by atoms with E-state index in [0.29, 0.717) is 18.8 Å². The van der Waals surface area contributed by atoms with Crippen LogP contribution in [0.5, 0.6) is 0 Å². The second-order valence-electron chi connectivity index (χ2n) is 4.71. The highest BCUT2D eigenvalue weighted by Crippen LogP contribution is 2.24. The molecule has 2 aromatic rings. The van der Waals surface area contributed by atoms with Crippen molar-refractivity contribution in [2.75, 3.05) is 11.4 Å². The molecule has 0 fully saturated rings. The van der Waals surface area contributed by atoms with Crippen LogP contribution in [0.4, 0.5) is 15.8 Å². The second kappa shape index (κ2) is 6.30. The highest BCUT2D eigenvalue weighted by atomic mass is 19.1. The number of nitro groups is 1. The van der Waals surface area contributed by atoms with Gasteiger partial charge in [0.15, 0.2) is 0 Å². The molecule has 0 unspecified atom stereocenters. The third-order valence-corrected chi connectivity index (χ3v) is 3.12. The third kappa shape index (κ3) is 3.75. The highest BCUT2D eigenvalue weighted by molar-refractivity contribution is 5.53. The molecule has 1 aromatic heterocycles. The molecule has 0 saturated heterocycles. The fraction of sp³-hybridized carbons (Fsp3) is 0.267. The maximum atomic E-state index is 13.5. The SMILES string of the molecule is CCN(Cc1cccc(C)n1)c1cc(F)cc([N+](=O)[O-])c1. The molecule has 110 valence electrons. The number of aromatic nitrogens is 1. The Morgan fingerprint density at radius 3 is 2.71 bits per heavy atom. The molecule has 0 aliphatic heterocycles. The fourth-order valence-electron chi connectivity index (χ4n) is 2.12. The van der Waals surface area contributed by atoms with E-state index < -0.39 is 10.7 Å². The zero-order chi connectivity index (χ0) is 15.4. The Balaban J connectivity index is 2.31. The van der Waals surface area contributed by atoms with Crippen molar-refractivity contribution in [1.82, 2.24) is 4.98 Å². The van der Waals surface area contributed by atoms with Gasteiger partial charge in [-0.2, -0.15) is 0 Å². The third-order valence-electron chi connectivity index (χ3n) is 3.12. The molecule has 6 heteroatoms. The van der Waals surface area contributed by atoms with Gasteiger partial charge < -0.3 is 4.90 Å². The molecule has 0 saturated carbocycles. The molecule has 5 nitrogen and oxygen atoms in total. The number of benzene rings is 1. The van der Waals surface area contributed by atoms with E-state index in [1.165, 1.54) is 12.1 Å². The number of rotatable bonds is 5. The number of pyridine rings is 1. The fourth-order valence-corrected chi connectivity index (χ4v) is 2.12. The van der Waals surface area contributed by atoms with Gasteiger partial charge >= 0.3 is 0 Å². The van der Waals surface area contributed by atoms with Gasteiger partial charge in [0.05, 0.1) is 23.2 Å². The molecule has 0 aliphatic carbocycles. The first-order valence-corrected chi connectivity index (χ1v) is 6.62. The first-order chi connectivity index (χ1) is 9.99. The van der Waals surface area contributed by atoms with E-state index in [4.69, 9.17) is 0 Å². The zero-order valence-electron chi connectivity index (χ0n) is 11.9. The standard InChI is InChI=1S/C15H16FN3O2/c1-3-18(10-13-6-4-5-11(2)17-13)14-7-12(16)8-15(9-14)19(20)21/h4-9H,3,10H2,1-2H3. The molecule has 2 rings (SSSR count). The first kappa shape index (κ1) is 14.9. The Labute approximate surface area is 122 Å². The largest absolute Gasteiger partial charge is 0.366 e. The minimum Gasteiger partial charge on any atom is -0.366 e. The summed E-state index contributed by atoms with van der Waals surface area (Å²) in [6.45, 7) is 4.87. The summed E-state index contributed by atoms with van der Waals surface area (Å²) in [6.07, 6.45) is 0. The topological polar surface area (TPSA) is 59.3 Å². The van der Waals surface area contributed by atoms with Crippen LogP contribution in [0.15, 0.2) is 36.4 Å². The van der Waals surface area contributed by atoms with E-state index in [-0.39, 0.29) is 5.69 Å². The predicted molar refractivity (Wildman–Crippen MR) is 78.8 cm³/mol. The lowest BCUT2D eigenvalue weighted by atomic mass is 10.2. The summed E-state index contributed by atoms with van der Waals surface area (Å²) in [5.74, 6) is -0.616. The number of hydrogen-bond donors (Lipinski definition) is 0. The van der Waals surface area contributed by atoms with Crippen molar-refractivity contribution in [2.24, 2.45) is 0 Å². The maximum absolute atomic E-state index is 13.5. The van der Waals surface area contributed by atoms with Crippen molar-refractivity contribution in [3.05, 3.63) is 63.7 Å². The van der Waals surface area contributed by atoms with Crippen LogP contribution in [0.25, 0.3) is 0 Å². The van der Waals surface area contributed by atoms with E-state index in [0.717, 1.165) is 17.5 Å². The number of aryl methyl sites for hydroxylation is 1. The number of hydrogen-bond acceptors (Lipinski definition) is 4. The molecule has 0 amide bonds. The molecule has 1 aromatic carbocycles. The summed E-state index contributed by atoms with van der Waals surface area (Å²) < 4.78 is 13.5. The molecular formula is C15H16FN3O2. The Hall–Kier alpha value is -2.50. The summed E-state index contributed by atoms with van der Waals surface area (Å²) in [7, 11) is 0. The van der Waals surface area contributed by atoms with Crippen LogP contribution in [0.1, 0.15) is 18.3 Å². The van der Waals surface area contributed by atoms with E-state index >= 15 is 0 Å². The van der Waals surface area contributed by atoms with E-state index in [1.54, 1.807) is 0 Å². The minimum absolute atomic E-state index is 0.249. The monoisotopic (exact) mass is 289 g/mol. The van der Waals surface area contributed by atoms with Gasteiger partial charge in [0.25, 0.3) is 5.69 Å². The smallest absolute Gasteiger partial charge is 0.274 e. The first-order valence-electron chi connectivity index (χ1n) is 6.62. The lowest BCUT2D eigenvalue weighted by Crippen LogP contribution is -2.23. The molecule has 0 bridgehead atoms. The van der Waals surface area contributed by atoms with Gasteiger partial charge in [-0.05, 0) is 32.0 Å². The van der Waals surface area contributed by atoms with E-state index in [1.807, 2.05) is 36.9 Å². The van der Waals surface area contributed by atoms with Gasteiger partial charge in [0.1, 0.15) is 5.82 Å². The van der Waals surface area contributed by atoms with Crippen LogP contribution >= 0.6 is 0 Å². The molecule has 1 heterocycles. The molecule has 0 radical (unpaired) electrons. The van der Waals surface area contributed by atoms with Crippen molar-refractivity contribution >= 4 is 11.4 Å². The van der Waals surface area contributed by atoms with Crippen LogP contribution in [-0.4, -0.2) is 16.5 Å². The van der Waals surface area contributed by atoms with Gasteiger partial charge in [-0.25, -0.2) is 4.39 Å². The molecule has 0 atom stereocenters. The van der Waals surface area contributed by atoms with Crippen molar-refractivity contribution < 1.29 is 9.31 Å². The lowest BCUT2D eigenvalue weighted by molar-refractivity contribution is -0.385. The summed E-state index contributed by atoms with van der Waals surface area (Å²) >= 11 is 0. The Morgan fingerprint density at radius 1 is 1.33 bits per heavy atom. The predicted octanol–water partition coefficient (Wildman–Crippen LogP) is 3.46. The zero-order valence-corrected chi connectivity index (χ0v) is 11.9. The minimum atomic E-state index is -0.616. The summed E-state index contributed by atoms with van der Waals surface area (Å²) in [6, 6.07) is 9.27. The normalized spacial score (nSPS) is 10.4. The lowest BCUT2D eigenvalue weighted by Gasteiger charge is -2.22. The van der Waals surface area contributed by atoms with Crippen molar-refractivity contribution in [2.45, 2.75) is 20.4 Å². The Bertz CT molecular complexity index is 661. The maximum Gasteiger partial charge on any atom is 0.274 e. The van der Waals surface area contributed by atoms with Gasteiger partial charge in [-0.1, -0.05) is 6.07 Å². The second-order valence-corrected chi connectivity index (χ2v) is 4.71. The summed E-state index contributed by atoms with van der Waals surface area (Å²) in [4.78, 5) is 16.5. The average molecular weight is 289 g/mol. The molecule has 0 spiro atoms. The van der Waals surface area contributed by atoms with Crippen LogP contribution in [0.2, 0.25) is 0 Å².